The predicted molar refractivity (Wildman–Crippen MR) is 27.6 cm³/mol. The van der Waals surface area contributed by atoms with Crippen molar-refractivity contribution >= 4 is 29.3 Å². The minimum absolute atomic E-state index is 0. The van der Waals surface area contributed by atoms with E-state index in [1.54, 1.807) is 0 Å². The molecule has 0 aliphatic rings. The van der Waals surface area contributed by atoms with E-state index < -0.39 is 14.6 Å². The molecule has 7 nitrogen and oxygen atoms in total. The van der Waals surface area contributed by atoms with Gasteiger partial charge in [0.2, 0.25) is 0 Å². The molecule has 0 atom stereocenters. The third-order valence-corrected chi connectivity index (χ3v) is 0.556. The largest absolute Gasteiger partial charge is 1.00 e. The molecular weight excluding hydrogens is 201 g/mol. The second-order valence-corrected chi connectivity index (χ2v) is 1.18. The summed E-state index contributed by atoms with van der Waals surface area (Å²) in [7, 11) is -4.92. The van der Waals surface area contributed by atoms with Gasteiger partial charge in [0, 0.05) is 0 Å². The van der Waals surface area contributed by atoms with Crippen molar-refractivity contribution in [2.24, 2.45) is 0 Å². The molecule has 0 saturated carbocycles. The maximum absolute atomic E-state index is 10.1. The Bertz CT molecular complexity index is 118. The van der Waals surface area contributed by atoms with Gasteiger partial charge < -0.3 is 0 Å². The van der Waals surface area contributed by atoms with Crippen molar-refractivity contribution < 1.29 is 92.3 Å². The van der Waals surface area contributed by atoms with Crippen molar-refractivity contribution in [3.8, 4) is 0 Å². The molecule has 0 spiro atoms. The predicted octanol–water partition coefficient (Wildman–Crippen LogP) is -10.3. The van der Waals surface area contributed by atoms with Gasteiger partial charge in [-0.2, -0.15) is 0 Å². The Labute approximate surface area is 120 Å². The molecular formula is B4Na2O7. The van der Waals surface area contributed by atoms with E-state index in [9.17, 15) is 19.5 Å². The smallest absolute Gasteiger partial charge is 1.00 e. The van der Waals surface area contributed by atoms with Gasteiger partial charge in [-0.25, -0.2) is 0 Å². The molecule has 0 aromatic rings. The molecule has 0 rings (SSSR count). The molecule has 0 aromatic carbocycles. The third kappa shape index (κ3) is 13.3. The minimum atomic E-state index is -2.27. The molecule has 0 saturated heterocycles. The van der Waals surface area contributed by atoms with Gasteiger partial charge in [-0.3, -0.25) is 0 Å². The zero-order chi connectivity index (χ0) is 8.69. The molecule has 0 radical (unpaired) electrons. The van der Waals surface area contributed by atoms with Crippen LogP contribution in [0.1, 0.15) is 0 Å². The molecule has 0 aromatic heterocycles. The van der Waals surface area contributed by atoms with Gasteiger partial charge in [-0.05, 0) is 0 Å². The minimum Gasteiger partial charge on any atom is 1.00 e. The molecule has 0 N–H and O–H groups in total. The molecule has 0 amide bonds. The zero-order valence-corrected chi connectivity index (χ0v) is 11.2. The maximum atomic E-state index is 10.1. The van der Waals surface area contributed by atoms with Crippen LogP contribution in [0.5, 0.6) is 0 Å². The first-order valence-electron chi connectivity index (χ1n) is 2.36. The van der Waals surface area contributed by atoms with E-state index in [-0.39, 0.29) is 73.8 Å². The first-order valence-corrected chi connectivity index (χ1v) is 2.36. The molecule has 0 heterocycles. The zero-order valence-electron chi connectivity index (χ0n) is 7.17. The maximum Gasteiger partial charge on any atom is 1.00 e. The van der Waals surface area contributed by atoms with Crippen molar-refractivity contribution in [3.63, 3.8) is 0 Å². The van der Waals surface area contributed by atoms with Gasteiger partial charge in [0.25, 0.3) is 0 Å². The van der Waals surface area contributed by atoms with Crippen LogP contribution in [0.25, 0.3) is 0 Å². The Kier molecular flexibility index (Phi) is 20.4. The summed E-state index contributed by atoms with van der Waals surface area (Å²) < 4.78 is 29.8. The second kappa shape index (κ2) is 13.3. The van der Waals surface area contributed by atoms with E-state index >= 15 is 0 Å². The average molecular weight is 201 g/mol. The fraction of sp³-hybridized carbons (Fsp3) is 0. The van der Waals surface area contributed by atoms with Gasteiger partial charge in [-0.15, -0.1) is 0 Å². The summed E-state index contributed by atoms with van der Waals surface area (Å²) in [4.78, 5) is 0. The normalized spacial score (nSPS) is 6.31. The molecule has 0 aliphatic carbocycles. The molecule has 13 heteroatoms. The van der Waals surface area contributed by atoms with Crippen molar-refractivity contribution in [3.05, 3.63) is 0 Å². The molecule has 13 heavy (non-hydrogen) atoms. The summed E-state index contributed by atoms with van der Waals surface area (Å²) in [6, 6.07) is 0. The van der Waals surface area contributed by atoms with E-state index in [2.05, 4.69) is 13.7 Å². The van der Waals surface area contributed by atoms with Crippen LogP contribution in [0.3, 0.4) is 0 Å². The summed E-state index contributed by atoms with van der Waals surface area (Å²) in [5.41, 5.74) is 0. The fourth-order valence-electron chi connectivity index (χ4n) is 0.246. The molecule has 0 unspecified atom stereocenters. The topological polar surface area (TPSA) is 108 Å². The van der Waals surface area contributed by atoms with Crippen LogP contribution in [-0.2, 0) is 23.1 Å². The van der Waals surface area contributed by atoms with Gasteiger partial charge in [0.1, 0.15) is 0 Å². The van der Waals surface area contributed by atoms with E-state index in [1.807, 2.05) is 0 Å². The average Bonchev–Trinajstić information content (AvgIpc) is 1.87. The first-order chi connectivity index (χ1) is 5.20. The van der Waals surface area contributed by atoms with Crippen LogP contribution in [-0.4, -0.2) is 29.3 Å². The van der Waals surface area contributed by atoms with Crippen molar-refractivity contribution in [2.75, 3.05) is 0 Å². The van der Waals surface area contributed by atoms with E-state index in [0.29, 0.717) is 0 Å². The van der Waals surface area contributed by atoms with Crippen LogP contribution >= 0.6 is 0 Å². The second-order valence-electron chi connectivity index (χ2n) is 1.18. The fourth-order valence-corrected chi connectivity index (χ4v) is 0.246. The molecule has 56 valence electrons. The third-order valence-electron chi connectivity index (χ3n) is 0.556. The Morgan fingerprint density at radius 2 is 1.23 bits per heavy atom. The Morgan fingerprint density at radius 3 is 1.46 bits per heavy atom. The summed E-state index contributed by atoms with van der Waals surface area (Å²) in [5.74, 6) is 0. The van der Waals surface area contributed by atoms with Gasteiger partial charge >= 0.3 is 122 Å². The summed E-state index contributed by atoms with van der Waals surface area (Å²) in [6.07, 6.45) is 0. The van der Waals surface area contributed by atoms with Crippen LogP contribution in [0, 0.1) is 0 Å². The van der Waals surface area contributed by atoms with Crippen molar-refractivity contribution in [1.29, 1.82) is 0 Å². The van der Waals surface area contributed by atoms with Gasteiger partial charge in [0.05, 0.1) is 0 Å². The van der Waals surface area contributed by atoms with E-state index in [4.69, 9.17) is 0 Å². The number of hydrogen-bond acceptors (Lipinski definition) is 7. The van der Waals surface area contributed by atoms with Crippen LogP contribution in [0.2, 0.25) is 0 Å². The summed E-state index contributed by atoms with van der Waals surface area (Å²) in [6.45, 7) is 0. The number of hydrogen-bond donors (Lipinski definition) is 0. The number of rotatable bonds is 6. The van der Waals surface area contributed by atoms with E-state index in [0.717, 1.165) is 0 Å². The molecule has 0 fully saturated rings. The van der Waals surface area contributed by atoms with Crippen molar-refractivity contribution in [2.45, 2.75) is 0 Å². The SMILES string of the molecule is O=BOB([O-])OB([O-])OB=O.[Na+].[Na+]. The summed E-state index contributed by atoms with van der Waals surface area (Å²) >= 11 is 0. The Hall–Kier alpha value is 1.34. The molecule has 0 aliphatic heterocycles. The van der Waals surface area contributed by atoms with Crippen LogP contribution in [0.4, 0.5) is 0 Å². The molecule has 0 bridgehead atoms. The van der Waals surface area contributed by atoms with Crippen LogP contribution < -0.4 is 69.2 Å². The van der Waals surface area contributed by atoms with E-state index in [1.165, 1.54) is 0 Å². The Balaban J connectivity index is -0.000000500. The quantitative estimate of drug-likeness (QED) is 0.392. The Morgan fingerprint density at radius 1 is 0.923 bits per heavy atom. The summed E-state index contributed by atoms with van der Waals surface area (Å²) in [5, 5.41) is 20.3. The first kappa shape index (κ1) is 19.8. The standard InChI is InChI=1S/B4O7.2Na/c5-1-9-3(7)11-4(8)10-2-6;;/q-2;2*+1. The van der Waals surface area contributed by atoms with Crippen molar-refractivity contribution in [1.82, 2.24) is 0 Å². The van der Waals surface area contributed by atoms with Gasteiger partial charge in [-0.1, -0.05) is 0 Å². The van der Waals surface area contributed by atoms with Crippen LogP contribution in [0.15, 0.2) is 0 Å². The van der Waals surface area contributed by atoms with Gasteiger partial charge in [0.15, 0.2) is 0 Å². The monoisotopic (exact) mass is 202 g/mol.